The fourth-order valence-corrected chi connectivity index (χ4v) is 3.08. The van der Waals surface area contributed by atoms with E-state index in [2.05, 4.69) is 34.6 Å². The number of para-hydroxylation sites is 2. The molecule has 3 aromatic rings. The number of hydrogen-bond acceptors (Lipinski definition) is 3. The fourth-order valence-electron chi connectivity index (χ4n) is 3.08. The molecule has 3 heteroatoms. The van der Waals surface area contributed by atoms with Crippen molar-refractivity contribution in [1.29, 1.82) is 0 Å². The molecule has 0 saturated carbocycles. The lowest BCUT2D eigenvalue weighted by Gasteiger charge is -2.15. The molecule has 0 bridgehead atoms. The summed E-state index contributed by atoms with van der Waals surface area (Å²) in [6.45, 7) is 2.02. The van der Waals surface area contributed by atoms with Crippen LogP contribution in [0.2, 0.25) is 0 Å². The van der Waals surface area contributed by atoms with Gasteiger partial charge in [0.1, 0.15) is 5.82 Å². The van der Waals surface area contributed by atoms with Crippen LogP contribution >= 0.6 is 0 Å². The molecule has 4 rings (SSSR count). The van der Waals surface area contributed by atoms with Crippen molar-refractivity contribution in [3.05, 3.63) is 65.4 Å². The van der Waals surface area contributed by atoms with E-state index in [1.54, 1.807) is 0 Å². The topological polar surface area (TPSA) is 37.8 Å². The zero-order valence-corrected chi connectivity index (χ0v) is 12.0. The van der Waals surface area contributed by atoms with E-state index in [1.807, 2.05) is 31.2 Å². The minimum atomic E-state index is 0.413. The van der Waals surface area contributed by atoms with Gasteiger partial charge in [0.05, 0.1) is 16.7 Å². The number of hydrogen-bond donors (Lipinski definition) is 1. The molecule has 0 amide bonds. The van der Waals surface area contributed by atoms with Crippen molar-refractivity contribution in [3.8, 4) is 0 Å². The van der Waals surface area contributed by atoms with Gasteiger partial charge in [-0.05, 0) is 43.0 Å². The molecule has 0 saturated heterocycles. The summed E-state index contributed by atoms with van der Waals surface area (Å²) in [5.74, 6) is 0.909. The molecule has 0 unspecified atom stereocenters. The maximum absolute atomic E-state index is 4.73. The molecule has 1 N–H and O–H groups in total. The van der Waals surface area contributed by atoms with E-state index in [1.165, 1.54) is 11.1 Å². The molecule has 0 spiro atoms. The lowest BCUT2D eigenvalue weighted by molar-refractivity contribution is 0.767. The summed E-state index contributed by atoms with van der Waals surface area (Å²) < 4.78 is 0. The molecule has 0 atom stereocenters. The monoisotopic (exact) mass is 275 g/mol. The second kappa shape index (κ2) is 4.85. The van der Waals surface area contributed by atoms with Gasteiger partial charge in [-0.1, -0.05) is 36.4 Å². The first-order valence-electron chi connectivity index (χ1n) is 7.36. The predicted molar refractivity (Wildman–Crippen MR) is 85.5 cm³/mol. The number of aryl methyl sites for hydroxylation is 1. The summed E-state index contributed by atoms with van der Waals surface area (Å²) in [7, 11) is 0. The van der Waals surface area contributed by atoms with Gasteiger partial charge in [-0.25, -0.2) is 9.97 Å². The Bertz CT molecular complexity index is 785. The molecule has 1 aliphatic rings. The van der Waals surface area contributed by atoms with Crippen molar-refractivity contribution in [1.82, 2.24) is 9.97 Å². The molecule has 3 nitrogen and oxygen atoms in total. The van der Waals surface area contributed by atoms with Crippen molar-refractivity contribution in [2.24, 2.45) is 0 Å². The number of nitrogens with zero attached hydrogens (tertiary/aromatic N) is 2. The minimum Gasteiger partial charge on any atom is -0.365 e. The third-order valence-electron chi connectivity index (χ3n) is 4.14. The number of fused-ring (bicyclic) bond motifs is 2. The molecule has 2 aromatic carbocycles. The van der Waals surface area contributed by atoms with E-state index < -0.39 is 0 Å². The smallest absolute Gasteiger partial charge is 0.148 e. The summed E-state index contributed by atoms with van der Waals surface area (Å²) in [4.78, 5) is 9.37. The molecular formula is C18H17N3. The second-order valence-corrected chi connectivity index (χ2v) is 5.66. The molecule has 0 aliphatic heterocycles. The minimum absolute atomic E-state index is 0.413. The normalized spacial score (nSPS) is 14.3. The van der Waals surface area contributed by atoms with Crippen LogP contribution in [0.1, 0.15) is 16.8 Å². The van der Waals surface area contributed by atoms with Crippen LogP contribution in [-0.2, 0) is 12.8 Å². The molecular weight excluding hydrogens is 258 g/mol. The molecule has 0 radical (unpaired) electrons. The third-order valence-corrected chi connectivity index (χ3v) is 4.14. The Morgan fingerprint density at radius 1 is 0.857 bits per heavy atom. The standard InChI is InChI=1S/C18H17N3/c1-12-18(21-17-9-5-4-8-16(17)19-12)20-15-10-13-6-2-3-7-14(13)11-15/h2-9,15H,10-11H2,1H3,(H,20,21). The van der Waals surface area contributed by atoms with Gasteiger partial charge in [0, 0.05) is 6.04 Å². The van der Waals surface area contributed by atoms with Crippen LogP contribution in [0.15, 0.2) is 48.5 Å². The SMILES string of the molecule is Cc1nc2ccccc2nc1NC1Cc2ccccc2C1. The van der Waals surface area contributed by atoms with Gasteiger partial charge in [-0.15, -0.1) is 0 Å². The quantitative estimate of drug-likeness (QED) is 0.777. The lowest BCUT2D eigenvalue weighted by atomic mass is 10.1. The van der Waals surface area contributed by atoms with E-state index in [9.17, 15) is 0 Å². The molecule has 1 aromatic heterocycles. The second-order valence-electron chi connectivity index (χ2n) is 5.66. The lowest BCUT2D eigenvalue weighted by Crippen LogP contribution is -2.21. The van der Waals surface area contributed by atoms with E-state index in [0.717, 1.165) is 35.4 Å². The highest BCUT2D eigenvalue weighted by atomic mass is 15.0. The van der Waals surface area contributed by atoms with Gasteiger partial charge in [0.15, 0.2) is 0 Å². The largest absolute Gasteiger partial charge is 0.365 e. The average Bonchev–Trinajstić information content (AvgIpc) is 2.90. The maximum Gasteiger partial charge on any atom is 0.148 e. The Morgan fingerprint density at radius 2 is 1.43 bits per heavy atom. The van der Waals surface area contributed by atoms with Crippen LogP contribution in [0, 0.1) is 6.92 Å². The maximum atomic E-state index is 4.73. The zero-order chi connectivity index (χ0) is 14.2. The van der Waals surface area contributed by atoms with Crippen LogP contribution in [0.3, 0.4) is 0 Å². The Labute approximate surface area is 124 Å². The summed E-state index contributed by atoms with van der Waals surface area (Å²) in [5, 5.41) is 3.57. The van der Waals surface area contributed by atoms with Crippen molar-refractivity contribution in [2.45, 2.75) is 25.8 Å². The highest BCUT2D eigenvalue weighted by Crippen LogP contribution is 2.25. The van der Waals surface area contributed by atoms with Gasteiger partial charge < -0.3 is 5.32 Å². The highest BCUT2D eigenvalue weighted by molar-refractivity contribution is 5.76. The zero-order valence-electron chi connectivity index (χ0n) is 12.0. The predicted octanol–water partition coefficient (Wildman–Crippen LogP) is 3.52. The van der Waals surface area contributed by atoms with E-state index >= 15 is 0 Å². The van der Waals surface area contributed by atoms with E-state index in [-0.39, 0.29) is 0 Å². The summed E-state index contributed by atoms with van der Waals surface area (Å²) in [6, 6.07) is 17.1. The van der Waals surface area contributed by atoms with E-state index in [4.69, 9.17) is 4.98 Å². The van der Waals surface area contributed by atoms with Crippen LogP contribution in [0.4, 0.5) is 5.82 Å². The summed E-state index contributed by atoms with van der Waals surface area (Å²) in [6.07, 6.45) is 2.12. The molecule has 104 valence electrons. The molecule has 1 aliphatic carbocycles. The number of benzene rings is 2. The first-order valence-corrected chi connectivity index (χ1v) is 7.36. The fraction of sp³-hybridized carbons (Fsp3) is 0.222. The van der Waals surface area contributed by atoms with Gasteiger partial charge in [0.2, 0.25) is 0 Å². The first-order chi connectivity index (χ1) is 10.3. The van der Waals surface area contributed by atoms with Gasteiger partial charge in [0.25, 0.3) is 0 Å². The van der Waals surface area contributed by atoms with Gasteiger partial charge in [-0.2, -0.15) is 0 Å². The van der Waals surface area contributed by atoms with Crippen LogP contribution in [-0.4, -0.2) is 16.0 Å². The summed E-state index contributed by atoms with van der Waals surface area (Å²) >= 11 is 0. The van der Waals surface area contributed by atoms with Crippen LogP contribution in [0.25, 0.3) is 11.0 Å². The average molecular weight is 275 g/mol. The van der Waals surface area contributed by atoms with Gasteiger partial charge in [-0.3, -0.25) is 0 Å². The van der Waals surface area contributed by atoms with Crippen LogP contribution < -0.4 is 5.32 Å². The highest BCUT2D eigenvalue weighted by Gasteiger charge is 2.21. The molecule has 21 heavy (non-hydrogen) atoms. The molecule has 1 heterocycles. The van der Waals surface area contributed by atoms with Crippen molar-refractivity contribution in [2.75, 3.05) is 5.32 Å². The van der Waals surface area contributed by atoms with E-state index in [0.29, 0.717) is 6.04 Å². The van der Waals surface area contributed by atoms with Crippen molar-refractivity contribution < 1.29 is 0 Å². The number of anilines is 1. The Balaban J connectivity index is 1.62. The Morgan fingerprint density at radius 3 is 2.10 bits per heavy atom. The Kier molecular flexibility index (Phi) is 2.85. The van der Waals surface area contributed by atoms with Crippen LogP contribution in [0.5, 0.6) is 0 Å². The number of aromatic nitrogens is 2. The van der Waals surface area contributed by atoms with Crippen molar-refractivity contribution in [3.63, 3.8) is 0 Å². The number of rotatable bonds is 2. The van der Waals surface area contributed by atoms with Gasteiger partial charge >= 0.3 is 0 Å². The number of nitrogens with one attached hydrogen (secondary N) is 1. The van der Waals surface area contributed by atoms with Crippen molar-refractivity contribution >= 4 is 16.9 Å². The Hall–Kier alpha value is -2.42. The third kappa shape index (κ3) is 2.25. The first kappa shape index (κ1) is 12.3. The molecule has 0 fully saturated rings. The summed E-state index contributed by atoms with van der Waals surface area (Å²) in [5.41, 5.74) is 5.75.